The highest BCUT2D eigenvalue weighted by atomic mass is 19.2. The van der Waals surface area contributed by atoms with Crippen molar-refractivity contribution in [2.24, 2.45) is 0 Å². The van der Waals surface area contributed by atoms with Gasteiger partial charge >= 0.3 is 0 Å². The number of imidazole rings is 1. The molecule has 3 nitrogen and oxygen atoms in total. The Balaban J connectivity index is 2.40. The maximum atomic E-state index is 13.0. The van der Waals surface area contributed by atoms with Crippen LogP contribution >= 0.6 is 0 Å². The summed E-state index contributed by atoms with van der Waals surface area (Å²) in [5, 5.41) is 9.72. The average Bonchev–Trinajstić information content (AvgIpc) is 2.70. The monoisotopic (exact) mass is 238 g/mol. The summed E-state index contributed by atoms with van der Waals surface area (Å²) in [5.41, 5.74) is -0.0930. The molecule has 90 valence electrons. The van der Waals surface area contributed by atoms with E-state index in [0.717, 1.165) is 12.1 Å². The maximum Gasteiger partial charge on any atom is 0.159 e. The lowest BCUT2D eigenvalue weighted by Gasteiger charge is -2.12. The van der Waals surface area contributed by atoms with E-state index in [2.05, 4.69) is 9.97 Å². The van der Waals surface area contributed by atoms with Crippen molar-refractivity contribution in [1.82, 2.24) is 9.97 Å². The fourth-order valence-corrected chi connectivity index (χ4v) is 1.44. The van der Waals surface area contributed by atoms with Gasteiger partial charge in [-0.2, -0.15) is 0 Å². The van der Waals surface area contributed by atoms with Crippen LogP contribution in [0.3, 0.4) is 0 Å². The molecule has 2 aromatic rings. The smallest absolute Gasteiger partial charge is 0.159 e. The van der Waals surface area contributed by atoms with Gasteiger partial charge in [-0.15, -0.1) is 0 Å². The summed E-state index contributed by atoms with van der Waals surface area (Å²) >= 11 is 0. The van der Waals surface area contributed by atoms with E-state index in [1.807, 2.05) is 0 Å². The number of hydrogen-bond donors (Lipinski definition) is 2. The molecule has 2 N–H and O–H groups in total. The van der Waals surface area contributed by atoms with Crippen molar-refractivity contribution in [3.8, 4) is 11.3 Å². The molecule has 0 saturated carbocycles. The normalized spacial score (nSPS) is 11.8. The van der Waals surface area contributed by atoms with Crippen molar-refractivity contribution in [3.05, 3.63) is 41.9 Å². The van der Waals surface area contributed by atoms with Gasteiger partial charge in [-0.25, -0.2) is 13.8 Å². The van der Waals surface area contributed by atoms with Crippen LogP contribution in [-0.4, -0.2) is 15.1 Å². The van der Waals surface area contributed by atoms with Crippen molar-refractivity contribution in [3.63, 3.8) is 0 Å². The molecule has 5 heteroatoms. The molecule has 0 amide bonds. The molecule has 0 bridgehead atoms. The third kappa shape index (κ3) is 2.34. The molecular weight excluding hydrogens is 226 g/mol. The number of aromatic nitrogens is 2. The van der Waals surface area contributed by atoms with E-state index in [9.17, 15) is 13.9 Å². The van der Waals surface area contributed by atoms with Gasteiger partial charge in [-0.05, 0) is 32.0 Å². The zero-order chi connectivity index (χ0) is 12.6. The van der Waals surface area contributed by atoms with Crippen LogP contribution in [0.2, 0.25) is 0 Å². The predicted molar refractivity (Wildman–Crippen MR) is 59.2 cm³/mol. The second kappa shape index (κ2) is 3.92. The van der Waals surface area contributed by atoms with Gasteiger partial charge in [-0.3, -0.25) is 0 Å². The number of rotatable bonds is 2. The van der Waals surface area contributed by atoms with Crippen LogP contribution in [0.25, 0.3) is 11.3 Å². The Morgan fingerprint density at radius 2 is 1.94 bits per heavy atom. The van der Waals surface area contributed by atoms with Crippen LogP contribution in [0.4, 0.5) is 8.78 Å². The Labute approximate surface area is 97.1 Å². The molecule has 0 radical (unpaired) electrons. The van der Waals surface area contributed by atoms with Crippen LogP contribution in [-0.2, 0) is 5.60 Å². The third-order valence-corrected chi connectivity index (χ3v) is 2.39. The summed E-state index contributed by atoms with van der Waals surface area (Å²) in [5.74, 6) is -1.44. The molecule has 0 aliphatic carbocycles. The van der Waals surface area contributed by atoms with Gasteiger partial charge in [0.15, 0.2) is 11.6 Å². The molecule has 0 spiro atoms. The minimum atomic E-state index is -1.10. The molecule has 1 heterocycles. The van der Waals surface area contributed by atoms with E-state index in [4.69, 9.17) is 0 Å². The average molecular weight is 238 g/mol. The number of nitrogens with one attached hydrogen (secondary N) is 1. The van der Waals surface area contributed by atoms with Crippen LogP contribution < -0.4 is 0 Å². The highest BCUT2D eigenvalue weighted by Gasteiger charge is 2.20. The quantitative estimate of drug-likeness (QED) is 0.844. The Morgan fingerprint density at radius 1 is 1.24 bits per heavy atom. The van der Waals surface area contributed by atoms with Gasteiger partial charge in [0.2, 0.25) is 0 Å². The van der Waals surface area contributed by atoms with Crippen molar-refractivity contribution >= 4 is 0 Å². The van der Waals surface area contributed by atoms with Crippen LogP contribution in [0.15, 0.2) is 24.4 Å². The number of aromatic amines is 1. The molecule has 1 aromatic heterocycles. The lowest BCUT2D eigenvalue weighted by atomic mass is 10.1. The minimum Gasteiger partial charge on any atom is -0.383 e. The molecule has 2 rings (SSSR count). The van der Waals surface area contributed by atoms with Crippen LogP contribution in [0, 0.1) is 11.6 Å². The Kier molecular flexibility index (Phi) is 2.71. The van der Waals surface area contributed by atoms with E-state index in [-0.39, 0.29) is 0 Å². The first-order chi connectivity index (χ1) is 7.88. The highest BCUT2D eigenvalue weighted by molar-refractivity contribution is 5.58. The summed E-state index contributed by atoms with van der Waals surface area (Å²) in [6.45, 7) is 3.17. The number of halogens is 2. The summed E-state index contributed by atoms with van der Waals surface area (Å²) in [6, 6.07) is 3.58. The summed E-state index contributed by atoms with van der Waals surface area (Å²) < 4.78 is 25.8. The standard InChI is InChI=1S/C12H12F2N2O/c1-12(2,17)11-15-6-10(16-11)7-3-4-8(13)9(14)5-7/h3-6,17H,1-2H3,(H,15,16). The largest absolute Gasteiger partial charge is 0.383 e. The van der Waals surface area contributed by atoms with E-state index in [1.54, 1.807) is 13.8 Å². The van der Waals surface area contributed by atoms with Crippen molar-refractivity contribution in [2.75, 3.05) is 0 Å². The first kappa shape index (κ1) is 11.7. The highest BCUT2D eigenvalue weighted by Crippen LogP contribution is 2.23. The van der Waals surface area contributed by atoms with Crippen molar-refractivity contribution in [2.45, 2.75) is 19.4 Å². The topological polar surface area (TPSA) is 48.9 Å². The predicted octanol–water partition coefficient (Wildman–Crippen LogP) is 2.58. The number of benzene rings is 1. The lowest BCUT2D eigenvalue weighted by Crippen LogP contribution is -2.17. The van der Waals surface area contributed by atoms with Crippen LogP contribution in [0.5, 0.6) is 0 Å². The van der Waals surface area contributed by atoms with E-state index in [1.165, 1.54) is 12.3 Å². The number of aliphatic hydroxyl groups is 1. The van der Waals surface area contributed by atoms with Gasteiger partial charge in [0.1, 0.15) is 11.4 Å². The fraction of sp³-hybridized carbons (Fsp3) is 0.250. The fourth-order valence-electron chi connectivity index (χ4n) is 1.44. The Bertz CT molecular complexity index is 544. The van der Waals surface area contributed by atoms with Gasteiger partial charge in [0, 0.05) is 5.56 Å². The molecule has 0 aliphatic heterocycles. The first-order valence-electron chi connectivity index (χ1n) is 5.11. The number of hydrogen-bond acceptors (Lipinski definition) is 2. The number of H-pyrrole nitrogens is 1. The SMILES string of the molecule is CC(C)(O)c1ncc(-c2ccc(F)c(F)c2)[nH]1. The number of nitrogens with zero attached hydrogens (tertiary/aromatic N) is 1. The van der Waals surface area contributed by atoms with E-state index >= 15 is 0 Å². The molecule has 0 saturated heterocycles. The lowest BCUT2D eigenvalue weighted by molar-refractivity contribution is 0.0697. The Morgan fingerprint density at radius 3 is 2.47 bits per heavy atom. The summed E-state index contributed by atoms with van der Waals surface area (Å²) in [6.07, 6.45) is 1.47. The molecule has 0 unspecified atom stereocenters. The zero-order valence-electron chi connectivity index (χ0n) is 9.46. The van der Waals surface area contributed by atoms with Crippen LogP contribution in [0.1, 0.15) is 19.7 Å². The second-order valence-corrected chi connectivity index (χ2v) is 4.33. The van der Waals surface area contributed by atoms with Gasteiger partial charge in [0.05, 0.1) is 11.9 Å². The van der Waals surface area contributed by atoms with Gasteiger partial charge in [0.25, 0.3) is 0 Å². The molecule has 0 fully saturated rings. The van der Waals surface area contributed by atoms with Crippen molar-refractivity contribution in [1.29, 1.82) is 0 Å². The summed E-state index contributed by atoms with van der Waals surface area (Å²) in [4.78, 5) is 6.86. The van der Waals surface area contributed by atoms with E-state index < -0.39 is 17.2 Å². The molecule has 0 atom stereocenters. The third-order valence-electron chi connectivity index (χ3n) is 2.39. The second-order valence-electron chi connectivity index (χ2n) is 4.33. The molecular formula is C12H12F2N2O. The molecule has 0 aliphatic rings. The Hall–Kier alpha value is -1.75. The zero-order valence-corrected chi connectivity index (χ0v) is 9.46. The molecule has 1 aromatic carbocycles. The van der Waals surface area contributed by atoms with Gasteiger partial charge < -0.3 is 10.1 Å². The minimum absolute atomic E-state index is 0.372. The van der Waals surface area contributed by atoms with Gasteiger partial charge in [-0.1, -0.05) is 0 Å². The molecule has 17 heavy (non-hydrogen) atoms. The maximum absolute atomic E-state index is 13.0. The summed E-state index contributed by atoms with van der Waals surface area (Å²) in [7, 11) is 0. The van der Waals surface area contributed by atoms with Crippen molar-refractivity contribution < 1.29 is 13.9 Å². The van der Waals surface area contributed by atoms with E-state index in [0.29, 0.717) is 17.1 Å². The first-order valence-corrected chi connectivity index (χ1v) is 5.11.